The maximum Gasteiger partial charge on any atom is 0.241 e. The number of halogens is 1. The van der Waals surface area contributed by atoms with Crippen molar-refractivity contribution in [1.82, 2.24) is 4.72 Å². The Morgan fingerprint density at radius 3 is 2.31 bits per heavy atom. The van der Waals surface area contributed by atoms with Gasteiger partial charge in [-0.05, 0) is 53.6 Å². The largest absolute Gasteiger partial charge is 0.381 e. The average molecular weight is 482 g/mol. The zero-order chi connectivity index (χ0) is 23.5. The second-order valence-corrected chi connectivity index (χ2v) is 12.9. The number of fused-ring (bicyclic) bond motifs is 2. The molecule has 0 atom stereocenters. The van der Waals surface area contributed by atoms with Gasteiger partial charge in [-0.3, -0.25) is 0 Å². The van der Waals surface area contributed by atoms with E-state index in [1.807, 2.05) is 27.7 Å². The van der Waals surface area contributed by atoms with Crippen molar-refractivity contribution in [3.05, 3.63) is 52.8 Å². The van der Waals surface area contributed by atoms with Crippen LogP contribution in [-0.2, 0) is 30.0 Å². The lowest BCUT2D eigenvalue weighted by molar-refractivity contribution is 0.0832. The van der Waals surface area contributed by atoms with Crippen LogP contribution in [0.4, 0.5) is 4.39 Å². The van der Waals surface area contributed by atoms with E-state index in [1.54, 1.807) is 6.07 Å². The summed E-state index contributed by atoms with van der Waals surface area (Å²) < 4.78 is 75.7. The van der Waals surface area contributed by atoms with Crippen LogP contribution in [0.3, 0.4) is 0 Å². The molecule has 0 aromatic heterocycles. The Labute approximate surface area is 189 Å². The van der Waals surface area contributed by atoms with E-state index in [9.17, 15) is 21.2 Å². The van der Waals surface area contributed by atoms with E-state index in [2.05, 4.69) is 4.72 Å². The number of hydrogen-bond donors (Lipinski definition) is 1. The molecule has 2 aliphatic rings. The van der Waals surface area contributed by atoms with Crippen LogP contribution in [-0.4, -0.2) is 36.1 Å². The minimum absolute atomic E-state index is 0.0445. The fourth-order valence-corrected chi connectivity index (χ4v) is 8.32. The Balaban J connectivity index is 1.94. The number of rotatable bonds is 4. The number of sulfone groups is 1. The van der Waals surface area contributed by atoms with Crippen LogP contribution >= 0.6 is 0 Å². The molecule has 0 saturated carbocycles. The van der Waals surface area contributed by atoms with Crippen LogP contribution in [0.1, 0.15) is 63.1 Å². The second kappa shape index (κ2) is 7.90. The van der Waals surface area contributed by atoms with Gasteiger partial charge in [0.2, 0.25) is 19.9 Å². The summed E-state index contributed by atoms with van der Waals surface area (Å²) in [6.45, 7) is 8.44. The van der Waals surface area contributed by atoms with E-state index in [0.29, 0.717) is 42.7 Å². The van der Waals surface area contributed by atoms with E-state index < -0.39 is 31.1 Å². The molecule has 2 aliphatic heterocycles. The van der Waals surface area contributed by atoms with Crippen molar-refractivity contribution in [2.75, 3.05) is 13.2 Å². The summed E-state index contributed by atoms with van der Waals surface area (Å²) in [5.41, 5.74) is 0.823. The fourth-order valence-electron chi connectivity index (χ4n) is 4.57. The Morgan fingerprint density at radius 2 is 1.69 bits per heavy atom. The first-order chi connectivity index (χ1) is 14.9. The smallest absolute Gasteiger partial charge is 0.241 e. The third kappa shape index (κ3) is 3.79. The van der Waals surface area contributed by atoms with Crippen molar-refractivity contribution >= 4 is 19.9 Å². The zero-order valence-electron chi connectivity index (χ0n) is 18.6. The second-order valence-electron chi connectivity index (χ2n) is 9.32. The van der Waals surface area contributed by atoms with E-state index in [-0.39, 0.29) is 26.6 Å². The number of ether oxygens (including phenoxy) is 1. The molecule has 2 heterocycles. The third-order valence-corrected chi connectivity index (χ3v) is 9.85. The van der Waals surface area contributed by atoms with Crippen molar-refractivity contribution in [3.63, 3.8) is 0 Å². The lowest BCUT2D eigenvalue weighted by Crippen LogP contribution is -2.39. The molecule has 1 saturated heterocycles. The van der Waals surface area contributed by atoms with Gasteiger partial charge in [-0.2, -0.15) is 0 Å². The number of sulfonamides is 1. The summed E-state index contributed by atoms with van der Waals surface area (Å²) in [4.78, 5) is -0.248. The molecule has 1 N–H and O–H groups in total. The van der Waals surface area contributed by atoms with E-state index >= 15 is 0 Å². The maximum absolute atomic E-state index is 14.0. The summed E-state index contributed by atoms with van der Waals surface area (Å²) in [6, 6.07) is 6.45. The van der Waals surface area contributed by atoms with Crippen molar-refractivity contribution < 1.29 is 26.0 Å². The molecule has 0 aliphatic carbocycles. The minimum Gasteiger partial charge on any atom is -0.381 e. The Bertz CT molecular complexity index is 1280. The highest BCUT2D eigenvalue weighted by Gasteiger charge is 2.42. The van der Waals surface area contributed by atoms with Gasteiger partial charge in [-0.15, -0.1) is 0 Å². The highest BCUT2D eigenvalue weighted by atomic mass is 32.2. The normalized spacial score (nSPS) is 20.1. The first-order valence-electron chi connectivity index (χ1n) is 10.7. The van der Waals surface area contributed by atoms with Gasteiger partial charge in [0.1, 0.15) is 5.82 Å². The van der Waals surface area contributed by atoms with Gasteiger partial charge < -0.3 is 4.74 Å². The van der Waals surface area contributed by atoms with Gasteiger partial charge in [0.05, 0.1) is 14.7 Å². The van der Waals surface area contributed by atoms with Crippen molar-refractivity contribution in [2.24, 2.45) is 0 Å². The van der Waals surface area contributed by atoms with Gasteiger partial charge in [0.25, 0.3) is 0 Å². The number of benzene rings is 2. The molecular formula is C23H28FNO5S2. The Kier molecular flexibility index (Phi) is 5.76. The summed E-state index contributed by atoms with van der Waals surface area (Å²) >= 11 is 0. The third-order valence-electron chi connectivity index (χ3n) is 6.44. The lowest BCUT2D eigenvalue weighted by atomic mass is 9.76. The first-order valence-corrected chi connectivity index (χ1v) is 13.7. The minimum atomic E-state index is -4.11. The highest BCUT2D eigenvalue weighted by Crippen LogP contribution is 2.47. The van der Waals surface area contributed by atoms with Gasteiger partial charge in [-0.25, -0.2) is 25.9 Å². The van der Waals surface area contributed by atoms with E-state index in [4.69, 9.17) is 4.74 Å². The zero-order valence-corrected chi connectivity index (χ0v) is 20.2. The molecule has 0 radical (unpaired) electrons. The molecule has 6 nitrogen and oxygen atoms in total. The molecule has 174 valence electrons. The Hall–Kier alpha value is -1.81. The summed E-state index contributed by atoms with van der Waals surface area (Å²) in [5, 5.41) is 0. The molecule has 1 fully saturated rings. The summed E-state index contributed by atoms with van der Waals surface area (Å²) in [5.74, 6) is -0.811. The molecule has 4 rings (SSSR count). The fraction of sp³-hybridized carbons (Fsp3) is 0.478. The van der Waals surface area contributed by atoms with Crippen molar-refractivity contribution in [2.45, 2.75) is 72.6 Å². The maximum atomic E-state index is 14.0. The molecule has 2 aromatic rings. The van der Waals surface area contributed by atoms with Crippen LogP contribution in [0.15, 0.2) is 45.0 Å². The standard InChI is InChI=1S/C23H28FNO5S2/c1-14(2)17-12-19-22(13-20(17)32(28,29)25-16-7-9-30-10-8-16)31(26,27)21-11-15(24)5-6-18(21)23(19,3)4/h5-6,11-14,16,25H,7-10H2,1-4H3. The molecule has 32 heavy (non-hydrogen) atoms. The van der Waals surface area contributed by atoms with Crippen LogP contribution in [0.2, 0.25) is 0 Å². The molecular weight excluding hydrogens is 453 g/mol. The molecule has 0 spiro atoms. The Morgan fingerprint density at radius 1 is 1.06 bits per heavy atom. The van der Waals surface area contributed by atoms with Crippen LogP contribution in [0, 0.1) is 5.82 Å². The highest BCUT2D eigenvalue weighted by molar-refractivity contribution is 7.92. The number of nitrogens with one attached hydrogen (secondary N) is 1. The summed E-state index contributed by atoms with van der Waals surface area (Å²) in [6.07, 6.45) is 1.11. The van der Waals surface area contributed by atoms with Gasteiger partial charge in [-0.1, -0.05) is 39.8 Å². The average Bonchev–Trinajstić information content (AvgIpc) is 2.72. The van der Waals surface area contributed by atoms with E-state index in [0.717, 1.165) is 6.07 Å². The first kappa shape index (κ1) is 23.4. The molecule has 9 heteroatoms. The number of hydrogen-bond acceptors (Lipinski definition) is 5. The SMILES string of the molecule is CC(C)c1cc2c(cc1S(=O)(=O)NC1CCOCC1)S(=O)(=O)c1cc(F)ccc1C2(C)C. The topological polar surface area (TPSA) is 89.5 Å². The monoisotopic (exact) mass is 481 g/mol. The molecule has 0 amide bonds. The van der Waals surface area contributed by atoms with Gasteiger partial charge in [0.15, 0.2) is 0 Å². The van der Waals surface area contributed by atoms with Crippen molar-refractivity contribution in [3.8, 4) is 0 Å². The quantitative estimate of drug-likeness (QED) is 0.716. The van der Waals surface area contributed by atoms with E-state index in [1.165, 1.54) is 18.2 Å². The van der Waals surface area contributed by atoms with Crippen LogP contribution in [0.5, 0.6) is 0 Å². The van der Waals surface area contributed by atoms with Crippen molar-refractivity contribution in [1.29, 1.82) is 0 Å². The van der Waals surface area contributed by atoms with Crippen LogP contribution < -0.4 is 4.72 Å². The molecule has 0 bridgehead atoms. The van der Waals surface area contributed by atoms with Crippen LogP contribution in [0.25, 0.3) is 0 Å². The predicted molar refractivity (Wildman–Crippen MR) is 119 cm³/mol. The lowest BCUT2D eigenvalue weighted by Gasteiger charge is -2.36. The van der Waals surface area contributed by atoms with Gasteiger partial charge >= 0.3 is 0 Å². The molecule has 0 unspecified atom stereocenters. The molecule has 2 aromatic carbocycles. The summed E-state index contributed by atoms with van der Waals surface area (Å²) in [7, 11) is -8.09. The van der Waals surface area contributed by atoms with Gasteiger partial charge in [0, 0.05) is 24.7 Å². The predicted octanol–water partition coefficient (Wildman–Crippen LogP) is 3.88.